The Morgan fingerprint density at radius 1 is 1.20 bits per heavy atom. The molecule has 5 nitrogen and oxygen atoms in total. The van der Waals surface area contributed by atoms with Gasteiger partial charge in [0.25, 0.3) is 0 Å². The van der Waals surface area contributed by atoms with Gasteiger partial charge in [0.15, 0.2) is 0 Å². The predicted molar refractivity (Wildman–Crippen MR) is 76.6 cm³/mol. The Morgan fingerprint density at radius 2 is 1.80 bits per heavy atom. The molecule has 0 bridgehead atoms. The number of carbonyl (C=O) groups is 2. The van der Waals surface area contributed by atoms with E-state index >= 15 is 0 Å². The van der Waals surface area contributed by atoms with Crippen LogP contribution in [0, 0.1) is 5.41 Å². The maximum absolute atomic E-state index is 12.2. The SMILES string of the molecule is CCC1(C(=O)O)CCN(C(=O)NC2CCCCC2)CC1. The van der Waals surface area contributed by atoms with E-state index < -0.39 is 11.4 Å². The van der Waals surface area contributed by atoms with Gasteiger partial charge in [-0.2, -0.15) is 0 Å². The molecule has 2 amide bonds. The minimum Gasteiger partial charge on any atom is -0.481 e. The third-order valence-electron chi connectivity index (χ3n) is 5.07. The van der Waals surface area contributed by atoms with Crippen molar-refractivity contribution in [3.63, 3.8) is 0 Å². The molecule has 0 aromatic rings. The number of piperidine rings is 1. The lowest BCUT2D eigenvalue weighted by Crippen LogP contribution is -2.51. The van der Waals surface area contributed by atoms with Crippen LogP contribution in [-0.2, 0) is 4.79 Å². The molecule has 0 spiro atoms. The van der Waals surface area contributed by atoms with E-state index in [-0.39, 0.29) is 6.03 Å². The second-order valence-corrected chi connectivity index (χ2v) is 6.21. The Labute approximate surface area is 120 Å². The third-order valence-corrected chi connectivity index (χ3v) is 5.07. The molecule has 0 radical (unpaired) electrons. The molecule has 1 heterocycles. The van der Waals surface area contributed by atoms with E-state index in [1.165, 1.54) is 19.3 Å². The summed E-state index contributed by atoms with van der Waals surface area (Å²) in [6.07, 6.45) is 7.59. The molecule has 2 fully saturated rings. The van der Waals surface area contributed by atoms with E-state index in [1.807, 2.05) is 6.92 Å². The molecular formula is C15H26N2O3. The molecule has 20 heavy (non-hydrogen) atoms. The van der Waals surface area contributed by atoms with Crippen LogP contribution in [0.25, 0.3) is 0 Å². The molecular weight excluding hydrogens is 256 g/mol. The van der Waals surface area contributed by atoms with Crippen molar-refractivity contribution >= 4 is 12.0 Å². The summed E-state index contributed by atoms with van der Waals surface area (Å²) in [5.41, 5.74) is -0.623. The Kier molecular flexibility index (Phi) is 4.89. The zero-order chi connectivity index (χ0) is 14.6. The molecule has 1 aliphatic heterocycles. The monoisotopic (exact) mass is 282 g/mol. The van der Waals surface area contributed by atoms with Crippen LogP contribution in [0.2, 0.25) is 0 Å². The van der Waals surface area contributed by atoms with E-state index in [0.717, 1.165) is 12.8 Å². The van der Waals surface area contributed by atoms with Crippen LogP contribution in [0.1, 0.15) is 58.3 Å². The van der Waals surface area contributed by atoms with Crippen LogP contribution >= 0.6 is 0 Å². The number of urea groups is 1. The first-order valence-electron chi connectivity index (χ1n) is 7.86. The highest BCUT2D eigenvalue weighted by Gasteiger charge is 2.40. The number of nitrogens with zero attached hydrogens (tertiary/aromatic N) is 1. The van der Waals surface area contributed by atoms with Crippen LogP contribution in [0.5, 0.6) is 0 Å². The van der Waals surface area contributed by atoms with Gasteiger partial charge in [-0.3, -0.25) is 4.79 Å². The Hall–Kier alpha value is -1.26. The summed E-state index contributed by atoms with van der Waals surface area (Å²) in [6.45, 7) is 3.03. The Balaban J connectivity index is 1.83. The number of amides is 2. The Bertz CT molecular complexity index is 356. The van der Waals surface area contributed by atoms with Crippen molar-refractivity contribution in [1.82, 2.24) is 10.2 Å². The predicted octanol–water partition coefficient (Wildman–Crippen LogP) is 2.61. The van der Waals surface area contributed by atoms with Crippen LogP contribution in [0.4, 0.5) is 4.79 Å². The minimum absolute atomic E-state index is 0.00741. The van der Waals surface area contributed by atoms with Gasteiger partial charge in [0.05, 0.1) is 5.41 Å². The normalized spacial score (nSPS) is 23.4. The van der Waals surface area contributed by atoms with Crippen LogP contribution < -0.4 is 5.32 Å². The lowest BCUT2D eigenvalue weighted by atomic mass is 9.76. The molecule has 2 N–H and O–H groups in total. The average molecular weight is 282 g/mol. The van der Waals surface area contributed by atoms with Crippen molar-refractivity contribution in [2.24, 2.45) is 5.41 Å². The number of carboxylic acids is 1. The van der Waals surface area contributed by atoms with Crippen LogP contribution in [0.15, 0.2) is 0 Å². The van der Waals surface area contributed by atoms with E-state index in [4.69, 9.17) is 0 Å². The van der Waals surface area contributed by atoms with Crippen molar-refractivity contribution in [3.05, 3.63) is 0 Å². The number of aliphatic carboxylic acids is 1. The number of carboxylic acid groups (broad SMARTS) is 1. The average Bonchev–Trinajstić information content (AvgIpc) is 2.48. The molecule has 114 valence electrons. The zero-order valence-corrected chi connectivity index (χ0v) is 12.4. The van der Waals surface area contributed by atoms with E-state index in [1.54, 1.807) is 4.90 Å². The van der Waals surface area contributed by atoms with Crippen LogP contribution in [0.3, 0.4) is 0 Å². The van der Waals surface area contributed by atoms with Crippen molar-refractivity contribution < 1.29 is 14.7 Å². The summed E-state index contributed by atoms with van der Waals surface area (Å²) in [4.78, 5) is 25.4. The number of rotatable bonds is 3. The summed E-state index contributed by atoms with van der Waals surface area (Å²) in [5.74, 6) is -0.715. The number of carbonyl (C=O) groups excluding carboxylic acids is 1. The number of nitrogens with one attached hydrogen (secondary N) is 1. The summed E-state index contributed by atoms with van der Waals surface area (Å²) in [5, 5.41) is 12.5. The lowest BCUT2D eigenvalue weighted by molar-refractivity contribution is -0.151. The summed E-state index contributed by atoms with van der Waals surface area (Å²) >= 11 is 0. The van der Waals surface area contributed by atoms with Gasteiger partial charge >= 0.3 is 12.0 Å². The quantitative estimate of drug-likeness (QED) is 0.836. The summed E-state index contributed by atoms with van der Waals surface area (Å²) in [7, 11) is 0. The first-order valence-corrected chi connectivity index (χ1v) is 7.86. The number of hydrogen-bond acceptors (Lipinski definition) is 2. The van der Waals surface area contributed by atoms with Gasteiger partial charge in [-0.1, -0.05) is 26.2 Å². The molecule has 0 atom stereocenters. The number of likely N-dealkylation sites (tertiary alicyclic amines) is 1. The first-order chi connectivity index (χ1) is 9.57. The van der Waals surface area contributed by atoms with Crippen molar-refractivity contribution in [2.75, 3.05) is 13.1 Å². The van der Waals surface area contributed by atoms with Gasteiger partial charge in [-0.15, -0.1) is 0 Å². The maximum Gasteiger partial charge on any atom is 0.317 e. The first kappa shape index (κ1) is 15.1. The Morgan fingerprint density at radius 3 is 2.30 bits per heavy atom. The summed E-state index contributed by atoms with van der Waals surface area (Å²) < 4.78 is 0. The van der Waals surface area contributed by atoms with E-state index in [2.05, 4.69) is 5.32 Å². The molecule has 1 saturated heterocycles. The zero-order valence-electron chi connectivity index (χ0n) is 12.4. The van der Waals surface area contributed by atoms with Gasteiger partial charge in [0.2, 0.25) is 0 Å². The lowest BCUT2D eigenvalue weighted by Gasteiger charge is -2.39. The van der Waals surface area contributed by atoms with Crippen molar-refractivity contribution in [1.29, 1.82) is 0 Å². The molecule has 0 unspecified atom stereocenters. The second-order valence-electron chi connectivity index (χ2n) is 6.21. The molecule has 2 rings (SSSR count). The van der Waals surface area contributed by atoms with Gasteiger partial charge in [0.1, 0.15) is 0 Å². The smallest absolute Gasteiger partial charge is 0.317 e. The van der Waals surface area contributed by atoms with Crippen LogP contribution in [-0.4, -0.2) is 41.1 Å². The minimum atomic E-state index is -0.715. The third kappa shape index (κ3) is 3.25. The highest BCUT2D eigenvalue weighted by molar-refractivity contribution is 5.77. The highest BCUT2D eigenvalue weighted by Crippen LogP contribution is 2.35. The van der Waals surface area contributed by atoms with Gasteiger partial charge in [-0.25, -0.2) is 4.79 Å². The topological polar surface area (TPSA) is 69.6 Å². The van der Waals surface area contributed by atoms with Gasteiger partial charge in [0, 0.05) is 19.1 Å². The van der Waals surface area contributed by atoms with E-state index in [9.17, 15) is 14.7 Å². The fourth-order valence-electron chi connectivity index (χ4n) is 3.37. The molecule has 0 aromatic heterocycles. The molecule has 1 aliphatic carbocycles. The maximum atomic E-state index is 12.2. The molecule has 0 aromatic carbocycles. The molecule has 2 aliphatic rings. The number of hydrogen-bond donors (Lipinski definition) is 2. The second kappa shape index (κ2) is 6.46. The highest BCUT2D eigenvalue weighted by atomic mass is 16.4. The van der Waals surface area contributed by atoms with Crippen molar-refractivity contribution in [3.8, 4) is 0 Å². The standard InChI is InChI=1S/C15H26N2O3/c1-2-15(13(18)19)8-10-17(11-9-15)14(20)16-12-6-4-3-5-7-12/h12H,2-11H2,1H3,(H,16,20)(H,18,19). The summed E-state index contributed by atoms with van der Waals surface area (Å²) in [6, 6.07) is 0.306. The molecule has 1 saturated carbocycles. The molecule has 5 heteroatoms. The fraction of sp³-hybridized carbons (Fsp3) is 0.867. The fourth-order valence-corrected chi connectivity index (χ4v) is 3.37. The largest absolute Gasteiger partial charge is 0.481 e. The van der Waals surface area contributed by atoms with E-state index in [0.29, 0.717) is 38.4 Å². The van der Waals surface area contributed by atoms with Gasteiger partial charge < -0.3 is 15.3 Å². The van der Waals surface area contributed by atoms with Crippen molar-refractivity contribution in [2.45, 2.75) is 64.3 Å². The van der Waals surface area contributed by atoms with Gasteiger partial charge in [-0.05, 0) is 32.1 Å².